The molecule has 25 heavy (non-hydrogen) atoms. The van der Waals surface area contributed by atoms with E-state index in [0.29, 0.717) is 18.7 Å². The van der Waals surface area contributed by atoms with Gasteiger partial charge in [-0.15, -0.1) is 0 Å². The van der Waals surface area contributed by atoms with Crippen LogP contribution in [-0.4, -0.2) is 22.0 Å². The van der Waals surface area contributed by atoms with Crippen LogP contribution in [0, 0.1) is 0 Å². The van der Waals surface area contributed by atoms with E-state index in [-0.39, 0.29) is 36.4 Å². The van der Waals surface area contributed by atoms with Gasteiger partial charge in [0.25, 0.3) is 5.56 Å². The number of halogens is 3. The molecular formula is C17H16F3N3O2. The number of fused-ring (bicyclic) bond motifs is 1. The predicted molar refractivity (Wildman–Crippen MR) is 85.2 cm³/mol. The molecule has 3 rings (SSSR count). The first kappa shape index (κ1) is 17.2. The van der Waals surface area contributed by atoms with Crippen molar-refractivity contribution in [2.75, 3.05) is 11.4 Å². The van der Waals surface area contributed by atoms with Gasteiger partial charge in [-0.25, -0.2) is 4.98 Å². The van der Waals surface area contributed by atoms with Crippen molar-refractivity contribution in [1.29, 1.82) is 0 Å². The molecular weight excluding hydrogens is 335 g/mol. The molecule has 0 fully saturated rings. The fourth-order valence-corrected chi connectivity index (χ4v) is 3.05. The van der Waals surface area contributed by atoms with Crippen molar-refractivity contribution in [3.8, 4) is 0 Å². The van der Waals surface area contributed by atoms with Gasteiger partial charge in [-0.2, -0.15) is 13.2 Å². The SMILES string of the molecule is O=C(CCn1cnccc1=O)N1CCCc2c1cccc2C(F)(F)F. The molecule has 0 atom stereocenters. The zero-order chi connectivity index (χ0) is 18.0. The average molecular weight is 351 g/mol. The third-order valence-electron chi connectivity index (χ3n) is 4.22. The third-order valence-corrected chi connectivity index (χ3v) is 4.22. The van der Waals surface area contributed by atoms with Crippen molar-refractivity contribution < 1.29 is 18.0 Å². The fourth-order valence-electron chi connectivity index (χ4n) is 3.05. The van der Waals surface area contributed by atoms with Gasteiger partial charge in [-0.05, 0) is 30.5 Å². The van der Waals surface area contributed by atoms with E-state index in [1.165, 1.54) is 40.2 Å². The van der Waals surface area contributed by atoms with E-state index in [1.54, 1.807) is 0 Å². The van der Waals surface area contributed by atoms with Crippen LogP contribution in [0.2, 0.25) is 0 Å². The van der Waals surface area contributed by atoms with E-state index in [0.717, 1.165) is 6.07 Å². The molecule has 0 aliphatic carbocycles. The molecule has 1 aliphatic heterocycles. The van der Waals surface area contributed by atoms with Gasteiger partial charge in [0.05, 0.1) is 11.9 Å². The first-order chi connectivity index (χ1) is 11.9. The molecule has 0 N–H and O–H groups in total. The molecule has 1 aromatic carbocycles. The number of hydrogen-bond acceptors (Lipinski definition) is 3. The first-order valence-corrected chi connectivity index (χ1v) is 7.88. The Bertz CT molecular complexity index is 846. The molecule has 2 heterocycles. The number of alkyl halides is 3. The molecule has 0 spiro atoms. The van der Waals surface area contributed by atoms with Crippen molar-refractivity contribution in [3.05, 3.63) is 58.3 Å². The Hall–Kier alpha value is -2.64. The molecule has 0 bridgehead atoms. The summed E-state index contributed by atoms with van der Waals surface area (Å²) in [4.78, 5) is 29.4. The Morgan fingerprint density at radius 3 is 2.76 bits per heavy atom. The third kappa shape index (κ3) is 3.57. The number of benzene rings is 1. The lowest BCUT2D eigenvalue weighted by Gasteiger charge is -2.31. The van der Waals surface area contributed by atoms with Gasteiger partial charge in [0.15, 0.2) is 0 Å². The lowest BCUT2D eigenvalue weighted by atomic mass is 9.95. The van der Waals surface area contributed by atoms with Gasteiger partial charge < -0.3 is 4.90 Å². The lowest BCUT2D eigenvalue weighted by Crippen LogP contribution is -2.37. The van der Waals surface area contributed by atoms with E-state index in [9.17, 15) is 22.8 Å². The minimum Gasteiger partial charge on any atom is -0.312 e. The lowest BCUT2D eigenvalue weighted by molar-refractivity contribution is -0.138. The van der Waals surface area contributed by atoms with Crippen LogP contribution in [0.25, 0.3) is 0 Å². The number of carbonyl (C=O) groups is 1. The number of rotatable bonds is 3. The largest absolute Gasteiger partial charge is 0.416 e. The molecule has 5 nitrogen and oxygen atoms in total. The zero-order valence-electron chi connectivity index (χ0n) is 13.3. The second kappa shape index (κ2) is 6.70. The van der Waals surface area contributed by atoms with Crippen LogP contribution < -0.4 is 10.5 Å². The van der Waals surface area contributed by atoms with Crippen molar-refractivity contribution in [3.63, 3.8) is 0 Å². The standard InChI is InChI=1S/C17H16F3N3O2/c18-17(19,20)13-4-1-5-14-12(13)3-2-9-23(14)16(25)7-10-22-11-21-8-6-15(22)24/h1,4-6,8,11H,2-3,7,9-10H2. The van der Waals surface area contributed by atoms with Crippen LogP contribution in [0.15, 0.2) is 41.6 Å². The van der Waals surface area contributed by atoms with Crippen molar-refractivity contribution in [1.82, 2.24) is 9.55 Å². The minimum atomic E-state index is -4.44. The smallest absolute Gasteiger partial charge is 0.312 e. The molecule has 0 saturated heterocycles. The normalized spacial score (nSPS) is 14.3. The number of carbonyl (C=O) groups excluding carboxylic acids is 1. The Kier molecular flexibility index (Phi) is 4.61. The van der Waals surface area contributed by atoms with Gasteiger partial charge in [-0.3, -0.25) is 14.2 Å². The van der Waals surface area contributed by atoms with Gasteiger partial charge in [0.1, 0.15) is 0 Å². The summed E-state index contributed by atoms with van der Waals surface area (Å²) in [5.74, 6) is -0.309. The second-order valence-corrected chi connectivity index (χ2v) is 5.81. The van der Waals surface area contributed by atoms with Gasteiger partial charge >= 0.3 is 6.18 Å². The molecule has 0 saturated carbocycles. The molecule has 1 aromatic heterocycles. The summed E-state index contributed by atoms with van der Waals surface area (Å²) in [5, 5.41) is 0. The van der Waals surface area contributed by atoms with Crippen LogP contribution in [-0.2, 0) is 23.9 Å². The maximum absolute atomic E-state index is 13.2. The van der Waals surface area contributed by atoms with Crippen molar-refractivity contribution >= 4 is 11.6 Å². The molecule has 2 aromatic rings. The minimum absolute atomic E-state index is 0.0152. The van der Waals surface area contributed by atoms with E-state index >= 15 is 0 Å². The summed E-state index contributed by atoms with van der Waals surface area (Å²) in [5.41, 5.74) is -0.495. The number of nitrogens with zero attached hydrogens (tertiary/aromatic N) is 3. The highest BCUT2D eigenvalue weighted by atomic mass is 19.4. The second-order valence-electron chi connectivity index (χ2n) is 5.81. The molecule has 1 amide bonds. The fraction of sp³-hybridized carbons (Fsp3) is 0.353. The van der Waals surface area contributed by atoms with Crippen LogP contribution in [0.3, 0.4) is 0 Å². The molecule has 1 aliphatic rings. The van der Waals surface area contributed by atoms with Crippen LogP contribution >= 0.6 is 0 Å². The van der Waals surface area contributed by atoms with E-state index in [1.807, 2.05) is 0 Å². The zero-order valence-corrected chi connectivity index (χ0v) is 13.3. The Labute approximate surface area is 141 Å². The summed E-state index contributed by atoms with van der Waals surface area (Å²) in [6, 6.07) is 5.19. The first-order valence-electron chi connectivity index (χ1n) is 7.88. The Morgan fingerprint density at radius 1 is 1.24 bits per heavy atom. The van der Waals surface area contributed by atoms with E-state index in [2.05, 4.69) is 4.98 Å². The summed E-state index contributed by atoms with van der Waals surface area (Å²) in [7, 11) is 0. The Morgan fingerprint density at radius 2 is 2.04 bits per heavy atom. The maximum atomic E-state index is 13.2. The number of hydrogen-bond donors (Lipinski definition) is 0. The number of amides is 1. The van der Waals surface area contributed by atoms with E-state index in [4.69, 9.17) is 0 Å². The maximum Gasteiger partial charge on any atom is 0.416 e. The van der Waals surface area contributed by atoms with Gasteiger partial charge in [0.2, 0.25) is 5.91 Å². The van der Waals surface area contributed by atoms with Gasteiger partial charge in [0, 0.05) is 37.5 Å². The summed E-state index contributed by atoms with van der Waals surface area (Å²) < 4.78 is 40.8. The Balaban J connectivity index is 1.82. The monoisotopic (exact) mass is 351 g/mol. The number of aryl methyl sites for hydroxylation is 1. The number of anilines is 1. The summed E-state index contributed by atoms with van der Waals surface area (Å²) in [6.07, 6.45) is -0.973. The van der Waals surface area contributed by atoms with Crippen LogP contribution in [0.5, 0.6) is 0 Å². The quantitative estimate of drug-likeness (QED) is 0.854. The highest BCUT2D eigenvalue weighted by Crippen LogP contribution is 2.39. The number of aromatic nitrogens is 2. The van der Waals surface area contributed by atoms with E-state index < -0.39 is 11.7 Å². The van der Waals surface area contributed by atoms with Crippen LogP contribution in [0.4, 0.5) is 18.9 Å². The topological polar surface area (TPSA) is 55.2 Å². The van der Waals surface area contributed by atoms with Crippen molar-refractivity contribution in [2.45, 2.75) is 32.0 Å². The highest BCUT2D eigenvalue weighted by Gasteiger charge is 2.36. The molecule has 0 radical (unpaired) electrons. The highest BCUT2D eigenvalue weighted by molar-refractivity contribution is 5.94. The van der Waals surface area contributed by atoms with Crippen molar-refractivity contribution in [2.24, 2.45) is 0 Å². The average Bonchev–Trinajstić information content (AvgIpc) is 2.59. The summed E-state index contributed by atoms with van der Waals surface area (Å²) >= 11 is 0. The molecule has 8 heteroatoms. The molecule has 132 valence electrons. The molecule has 0 unspecified atom stereocenters. The van der Waals surface area contributed by atoms with Crippen LogP contribution in [0.1, 0.15) is 24.0 Å². The summed E-state index contributed by atoms with van der Waals surface area (Å²) in [6.45, 7) is 0.505. The van der Waals surface area contributed by atoms with Gasteiger partial charge in [-0.1, -0.05) is 6.07 Å². The predicted octanol–water partition coefficient (Wildman–Crippen LogP) is 2.63.